The van der Waals surface area contributed by atoms with Gasteiger partial charge in [0.2, 0.25) is 5.75 Å². The van der Waals surface area contributed by atoms with Crippen LogP contribution in [0, 0.1) is 17.6 Å². The number of halogens is 5. The van der Waals surface area contributed by atoms with Gasteiger partial charge in [-0.2, -0.15) is 0 Å². The number of ether oxygens (including phenoxy) is 1. The van der Waals surface area contributed by atoms with Gasteiger partial charge in [-0.05, 0) is 60.8 Å². The van der Waals surface area contributed by atoms with Crippen molar-refractivity contribution in [2.24, 2.45) is 5.92 Å². The molecular weight excluding hydrogens is 375 g/mol. The minimum absolute atomic E-state index is 0.126. The molecule has 0 saturated heterocycles. The third kappa shape index (κ3) is 4.83. The van der Waals surface area contributed by atoms with Gasteiger partial charge >= 0.3 is 6.36 Å². The Morgan fingerprint density at radius 3 is 2.14 bits per heavy atom. The van der Waals surface area contributed by atoms with Crippen LogP contribution in [-0.2, 0) is 0 Å². The summed E-state index contributed by atoms with van der Waals surface area (Å²) < 4.78 is 68.8. The molecule has 28 heavy (non-hydrogen) atoms. The molecule has 6 heteroatoms. The Balaban J connectivity index is 1.78. The van der Waals surface area contributed by atoms with Crippen LogP contribution in [0.2, 0.25) is 0 Å². The van der Waals surface area contributed by atoms with Crippen molar-refractivity contribution in [3.8, 4) is 16.9 Å². The molecule has 0 aliphatic heterocycles. The first kappa shape index (κ1) is 20.6. The highest BCUT2D eigenvalue weighted by Gasteiger charge is 2.34. The second-order valence-electron chi connectivity index (χ2n) is 7.41. The summed E-state index contributed by atoms with van der Waals surface area (Å²) in [6, 6.07) is 9.00. The fourth-order valence-electron chi connectivity index (χ4n) is 4.09. The highest BCUT2D eigenvalue weighted by Crippen LogP contribution is 2.39. The van der Waals surface area contributed by atoms with E-state index in [1.54, 1.807) is 12.1 Å². The summed E-state index contributed by atoms with van der Waals surface area (Å²) in [5, 5.41) is 0. The fourth-order valence-corrected chi connectivity index (χ4v) is 4.09. The molecule has 0 radical (unpaired) electrons. The molecule has 0 unspecified atom stereocenters. The van der Waals surface area contributed by atoms with Crippen molar-refractivity contribution in [3.05, 3.63) is 53.6 Å². The predicted octanol–water partition coefficient (Wildman–Crippen LogP) is 7.60. The summed E-state index contributed by atoms with van der Waals surface area (Å²) >= 11 is 0. The van der Waals surface area contributed by atoms with Gasteiger partial charge in [0.25, 0.3) is 0 Å². The van der Waals surface area contributed by atoms with Crippen molar-refractivity contribution in [2.45, 2.75) is 57.7 Å². The quantitative estimate of drug-likeness (QED) is 0.471. The number of hydrogen-bond acceptors (Lipinski definition) is 1. The number of rotatable bonds is 5. The normalized spacial score (nSPS) is 20.2. The highest BCUT2D eigenvalue weighted by molar-refractivity contribution is 5.66. The molecule has 3 rings (SSSR count). The van der Waals surface area contributed by atoms with E-state index in [9.17, 15) is 22.0 Å². The van der Waals surface area contributed by atoms with E-state index in [1.165, 1.54) is 25.7 Å². The molecule has 0 amide bonds. The van der Waals surface area contributed by atoms with Gasteiger partial charge in [-0.15, -0.1) is 13.2 Å². The minimum Gasteiger partial charge on any atom is -0.399 e. The van der Waals surface area contributed by atoms with E-state index in [0.29, 0.717) is 11.5 Å². The maximum absolute atomic E-state index is 14.5. The SMILES string of the molecule is CCCC1CCC(c2ccc(-c3ccc(F)c(OC(F)(F)F)c3F)cc2)CC1. The van der Waals surface area contributed by atoms with Gasteiger partial charge in [-0.25, -0.2) is 8.78 Å². The van der Waals surface area contributed by atoms with Crippen molar-refractivity contribution in [2.75, 3.05) is 0 Å². The van der Waals surface area contributed by atoms with Gasteiger partial charge in [-0.1, -0.05) is 44.0 Å². The zero-order valence-corrected chi connectivity index (χ0v) is 15.7. The van der Waals surface area contributed by atoms with Gasteiger partial charge < -0.3 is 4.74 Å². The maximum Gasteiger partial charge on any atom is 0.573 e. The van der Waals surface area contributed by atoms with Gasteiger partial charge in [0, 0.05) is 5.56 Å². The molecule has 0 spiro atoms. The minimum atomic E-state index is -5.17. The van der Waals surface area contributed by atoms with Crippen LogP contribution >= 0.6 is 0 Å². The molecule has 0 aromatic heterocycles. The molecule has 2 aromatic rings. The van der Waals surface area contributed by atoms with Crippen molar-refractivity contribution < 1.29 is 26.7 Å². The van der Waals surface area contributed by atoms with Crippen LogP contribution in [0.1, 0.15) is 56.9 Å². The summed E-state index contributed by atoms with van der Waals surface area (Å²) in [7, 11) is 0. The van der Waals surface area contributed by atoms with E-state index in [0.717, 1.165) is 36.5 Å². The molecule has 1 aliphatic carbocycles. The van der Waals surface area contributed by atoms with Crippen LogP contribution in [0.5, 0.6) is 5.75 Å². The second-order valence-corrected chi connectivity index (χ2v) is 7.41. The Morgan fingerprint density at radius 2 is 1.57 bits per heavy atom. The largest absolute Gasteiger partial charge is 0.573 e. The topological polar surface area (TPSA) is 9.23 Å². The van der Waals surface area contributed by atoms with E-state index < -0.39 is 23.7 Å². The van der Waals surface area contributed by atoms with Crippen molar-refractivity contribution >= 4 is 0 Å². The smallest absolute Gasteiger partial charge is 0.399 e. The van der Waals surface area contributed by atoms with E-state index in [4.69, 9.17) is 0 Å². The van der Waals surface area contributed by atoms with Crippen molar-refractivity contribution in [3.63, 3.8) is 0 Å². The van der Waals surface area contributed by atoms with Crippen molar-refractivity contribution in [1.29, 1.82) is 0 Å². The maximum atomic E-state index is 14.5. The van der Waals surface area contributed by atoms with E-state index in [1.807, 2.05) is 12.1 Å². The Bertz CT molecular complexity index is 790. The Labute approximate surface area is 161 Å². The molecule has 0 atom stereocenters. The lowest BCUT2D eigenvalue weighted by Gasteiger charge is -2.28. The van der Waals surface area contributed by atoms with Gasteiger partial charge in [0.1, 0.15) is 0 Å². The monoisotopic (exact) mass is 398 g/mol. The molecule has 0 heterocycles. The first-order chi connectivity index (χ1) is 13.3. The van der Waals surface area contributed by atoms with E-state index in [-0.39, 0.29) is 5.56 Å². The van der Waals surface area contributed by atoms with Crippen LogP contribution in [0.4, 0.5) is 22.0 Å². The summed E-state index contributed by atoms with van der Waals surface area (Å²) in [6.45, 7) is 2.20. The van der Waals surface area contributed by atoms with E-state index in [2.05, 4.69) is 11.7 Å². The molecule has 152 valence electrons. The van der Waals surface area contributed by atoms with Crippen LogP contribution in [-0.4, -0.2) is 6.36 Å². The summed E-state index contributed by atoms with van der Waals surface area (Å²) in [5.74, 6) is -2.93. The zero-order chi connectivity index (χ0) is 20.3. The van der Waals surface area contributed by atoms with Crippen LogP contribution in [0.15, 0.2) is 36.4 Å². The van der Waals surface area contributed by atoms with Crippen LogP contribution < -0.4 is 4.74 Å². The fraction of sp³-hybridized carbons (Fsp3) is 0.455. The number of benzene rings is 2. The molecule has 1 fully saturated rings. The first-order valence-corrected chi connectivity index (χ1v) is 9.62. The molecular formula is C22H23F5O. The second kappa shape index (κ2) is 8.50. The molecule has 1 saturated carbocycles. The lowest BCUT2D eigenvalue weighted by Crippen LogP contribution is -2.19. The third-order valence-electron chi connectivity index (χ3n) is 5.50. The number of hydrogen-bond donors (Lipinski definition) is 0. The van der Waals surface area contributed by atoms with Gasteiger partial charge in [0.05, 0.1) is 0 Å². The van der Waals surface area contributed by atoms with Crippen LogP contribution in [0.3, 0.4) is 0 Å². The zero-order valence-electron chi connectivity index (χ0n) is 15.7. The lowest BCUT2D eigenvalue weighted by molar-refractivity contribution is -0.276. The summed E-state index contributed by atoms with van der Waals surface area (Å²) in [5.41, 5.74) is 1.40. The average molecular weight is 398 g/mol. The van der Waals surface area contributed by atoms with Crippen LogP contribution in [0.25, 0.3) is 11.1 Å². The average Bonchev–Trinajstić information content (AvgIpc) is 2.66. The van der Waals surface area contributed by atoms with Crippen molar-refractivity contribution in [1.82, 2.24) is 0 Å². The Hall–Kier alpha value is -2.11. The molecule has 2 aromatic carbocycles. The summed E-state index contributed by atoms with van der Waals surface area (Å²) in [6.07, 6.45) is 1.92. The lowest BCUT2D eigenvalue weighted by atomic mass is 9.77. The van der Waals surface area contributed by atoms with Gasteiger partial charge in [-0.3, -0.25) is 0 Å². The Kier molecular flexibility index (Phi) is 6.26. The highest BCUT2D eigenvalue weighted by atomic mass is 19.4. The summed E-state index contributed by atoms with van der Waals surface area (Å²) in [4.78, 5) is 0. The standard InChI is InChI=1S/C22H23F5O/c1-2-3-14-4-6-15(7-5-14)16-8-10-17(11-9-16)18-12-13-19(23)21(20(18)24)28-22(25,26)27/h8-15H,2-7H2,1H3. The number of alkyl halides is 3. The molecule has 1 nitrogen and oxygen atoms in total. The third-order valence-corrected chi connectivity index (χ3v) is 5.50. The Morgan fingerprint density at radius 1 is 0.929 bits per heavy atom. The van der Waals surface area contributed by atoms with Gasteiger partial charge in [0.15, 0.2) is 11.6 Å². The predicted molar refractivity (Wildman–Crippen MR) is 98.1 cm³/mol. The first-order valence-electron chi connectivity index (χ1n) is 9.62. The van der Waals surface area contributed by atoms with E-state index >= 15 is 0 Å². The molecule has 0 bridgehead atoms. The molecule has 1 aliphatic rings. The molecule has 0 N–H and O–H groups in total.